The first-order valence-electron chi connectivity index (χ1n) is 40.6. The van der Waals surface area contributed by atoms with Crippen LogP contribution in [0.1, 0.15) is 413 Å². The Morgan fingerprint density at radius 3 is 0.701 bits per heavy atom. The first-order valence-corrected chi connectivity index (χ1v) is 43.6. The largest absolute Gasteiger partial charge is 0.472 e. The number of hydrogen-bond donors (Lipinski definition) is 3. The molecule has 0 aromatic rings. The molecule has 3 N–H and O–H groups in total. The van der Waals surface area contributed by atoms with E-state index in [9.17, 15) is 43.2 Å². The van der Waals surface area contributed by atoms with Crippen molar-refractivity contribution in [2.75, 3.05) is 39.6 Å². The lowest BCUT2D eigenvalue weighted by Gasteiger charge is -2.21. The normalized spacial score (nSPS) is 13.9. The Morgan fingerprint density at radius 1 is 0.278 bits per heavy atom. The third-order valence-corrected chi connectivity index (χ3v) is 20.2. The fourth-order valence-corrected chi connectivity index (χ4v) is 13.6. The molecule has 0 saturated heterocycles. The van der Waals surface area contributed by atoms with Gasteiger partial charge in [-0.25, -0.2) is 9.13 Å². The summed E-state index contributed by atoms with van der Waals surface area (Å²) >= 11 is 0. The Labute approximate surface area is 594 Å². The molecule has 0 amide bonds. The summed E-state index contributed by atoms with van der Waals surface area (Å²) in [5.74, 6) is -1.43. The van der Waals surface area contributed by atoms with Crippen LogP contribution in [-0.4, -0.2) is 96.7 Å². The molecule has 0 aliphatic carbocycles. The van der Waals surface area contributed by atoms with Gasteiger partial charge < -0.3 is 33.8 Å². The summed E-state index contributed by atoms with van der Waals surface area (Å²) in [4.78, 5) is 72.5. The number of aliphatic hydroxyl groups is 1. The van der Waals surface area contributed by atoms with E-state index in [2.05, 4.69) is 34.6 Å². The quantitative estimate of drug-likeness (QED) is 0.0222. The molecule has 2 unspecified atom stereocenters. The second kappa shape index (κ2) is 71.1. The number of esters is 4. The Balaban J connectivity index is 5.08. The van der Waals surface area contributed by atoms with Gasteiger partial charge in [0.2, 0.25) is 0 Å². The minimum atomic E-state index is -4.96. The number of hydrogen-bond acceptors (Lipinski definition) is 15. The van der Waals surface area contributed by atoms with Crippen LogP contribution in [0.2, 0.25) is 0 Å². The second-order valence-electron chi connectivity index (χ2n) is 28.6. The lowest BCUT2D eigenvalue weighted by Crippen LogP contribution is -2.30. The maximum atomic E-state index is 13.1. The number of phosphoric acid groups is 2. The van der Waals surface area contributed by atoms with Gasteiger partial charge in [-0.1, -0.05) is 362 Å². The summed E-state index contributed by atoms with van der Waals surface area (Å²) < 4.78 is 68.3. The third kappa shape index (κ3) is 72.2. The molecular formula is C78H152O17P2. The smallest absolute Gasteiger partial charge is 0.462 e. The predicted octanol–water partition coefficient (Wildman–Crippen LogP) is 23.3. The van der Waals surface area contributed by atoms with Crippen LogP contribution in [0.4, 0.5) is 0 Å². The molecule has 0 aliphatic heterocycles. The van der Waals surface area contributed by atoms with Crippen LogP contribution in [0.5, 0.6) is 0 Å². The third-order valence-electron chi connectivity index (χ3n) is 18.3. The van der Waals surface area contributed by atoms with Gasteiger partial charge in [-0.15, -0.1) is 0 Å². The van der Waals surface area contributed by atoms with Gasteiger partial charge in [-0.2, -0.15) is 0 Å². The number of ether oxygens (including phenoxy) is 4. The fourth-order valence-electron chi connectivity index (χ4n) is 12.1. The summed E-state index contributed by atoms with van der Waals surface area (Å²) in [6.45, 7) is 7.13. The van der Waals surface area contributed by atoms with Crippen LogP contribution in [0.25, 0.3) is 0 Å². The van der Waals surface area contributed by atoms with Gasteiger partial charge in [0.1, 0.15) is 19.3 Å². The minimum absolute atomic E-state index is 0.103. The Hall–Kier alpha value is -1.94. The standard InChI is InChI=1S/C78H152O17P2/c1-6-9-12-15-17-19-21-23-25-27-29-31-32-34-36-38-40-42-44-48-53-58-63-77(82)95-74(68-89-76(81)62-57-52-47-43-41-39-37-35-33-30-28-26-24-22-20-18-16-13-10-7-2)70-93-97(86,87)91-66-72(79)65-90-96(84,85)92-69-73(67-88-75(80)61-56-50-14-11-8-3)94-78(83)64-59-54-49-45-46-51-55-60-71(4)5/h71-74,79H,6-70H2,1-5H3,(H,84,85)(H,86,87)/t72-,73+,74+/m0/s1. The van der Waals surface area contributed by atoms with Gasteiger partial charge >= 0.3 is 39.5 Å². The molecule has 5 atom stereocenters. The molecule has 0 aromatic heterocycles. The molecule has 0 fully saturated rings. The monoisotopic (exact) mass is 1420 g/mol. The summed E-state index contributed by atoms with van der Waals surface area (Å²) in [6, 6.07) is 0. The van der Waals surface area contributed by atoms with Crippen LogP contribution >= 0.6 is 15.6 Å². The number of unbranched alkanes of at least 4 members (excludes halogenated alkanes) is 50. The maximum absolute atomic E-state index is 13.1. The van der Waals surface area contributed by atoms with Gasteiger partial charge in [-0.05, 0) is 31.6 Å². The zero-order valence-corrected chi connectivity index (χ0v) is 65.0. The zero-order chi connectivity index (χ0) is 71.2. The second-order valence-corrected chi connectivity index (χ2v) is 31.5. The predicted molar refractivity (Wildman–Crippen MR) is 395 cm³/mol. The molecule has 0 spiro atoms. The van der Waals surface area contributed by atoms with Crippen molar-refractivity contribution in [2.24, 2.45) is 5.92 Å². The number of carbonyl (C=O) groups excluding carboxylic acids is 4. The average molecular weight is 1420 g/mol. The highest BCUT2D eigenvalue weighted by Crippen LogP contribution is 2.45. The first kappa shape index (κ1) is 95.1. The van der Waals surface area contributed by atoms with Crippen molar-refractivity contribution in [1.29, 1.82) is 0 Å². The summed E-state index contributed by atoms with van der Waals surface area (Å²) in [7, 11) is -9.90. The van der Waals surface area contributed by atoms with E-state index in [0.717, 1.165) is 96.3 Å². The van der Waals surface area contributed by atoms with Crippen molar-refractivity contribution in [3.63, 3.8) is 0 Å². The average Bonchev–Trinajstić information content (AvgIpc) is 1.24. The molecule has 0 radical (unpaired) electrons. The molecule has 0 saturated carbocycles. The summed E-state index contributed by atoms with van der Waals surface area (Å²) in [5.41, 5.74) is 0. The van der Waals surface area contributed by atoms with Crippen LogP contribution < -0.4 is 0 Å². The molecule has 0 bridgehead atoms. The van der Waals surface area contributed by atoms with Crippen molar-refractivity contribution in [2.45, 2.75) is 432 Å². The van der Waals surface area contributed by atoms with Crippen molar-refractivity contribution >= 4 is 39.5 Å². The maximum Gasteiger partial charge on any atom is 0.472 e. The van der Waals surface area contributed by atoms with E-state index in [4.69, 9.17) is 37.0 Å². The van der Waals surface area contributed by atoms with E-state index in [1.807, 2.05) is 0 Å². The fraction of sp³-hybridized carbons (Fsp3) is 0.949. The number of carbonyl (C=O) groups is 4. The molecule has 0 aromatic carbocycles. The van der Waals surface area contributed by atoms with Crippen LogP contribution in [0.15, 0.2) is 0 Å². The molecular weight excluding hydrogens is 1270 g/mol. The van der Waals surface area contributed by atoms with E-state index in [1.165, 1.54) is 231 Å². The van der Waals surface area contributed by atoms with Crippen LogP contribution in [-0.2, 0) is 65.4 Å². The SMILES string of the molecule is CCCCCCCCCCCCCCCCCCCCCCCCC(=O)O[C@H](COC(=O)CCCCCCCCCCCCCCCCCCCCCC)COP(=O)(O)OC[C@@H](O)COP(=O)(O)OC[C@@H](COC(=O)CCCCCCC)OC(=O)CCCCCCCCCC(C)C. The van der Waals surface area contributed by atoms with Crippen LogP contribution in [0, 0.1) is 5.92 Å². The molecule has 0 heterocycles. The Kier molecular flexibility index (Phi) is 69.6. The lowest BCUT2D eigenvalue weighted by atomic mass is 10.0. The topological polar surface area (TPSA) is 237 Å². The lowest BCUT2D eigenvalue weighted by molar-refractivity contribution is -0.161. The van der Waals surface area contributed by atoms with Crippen molar-refractivity contribution < 1.29 is 80.2 Å². The molecule has 97 heavy (non-hydrogen) atoms. The van der Waals surface area contributed by atoms with Gasteiger partial charge in [0.25, 0.3) is 0 Å². The van der Waals surface area contributed by atoms with Gasteiger partial charge in [0.05, 0.1) is 26.4 Å². The Morgan fingerprint density at radius 2 is 0.474 bits per heavy atom. The summed E-state index contributed by atoms with van der Waals surface area (Å²) in [6.07, 6.45) is 62.0. The van der Waals surface area contributed by atoms with E-state index in [0.29, 0.717) is 31.6 Å². The van der Waals surface area contributed by atoms with Gasteiger partial charge in [0, 0.05) is 25.7 Å². The van der Waals surface area contributed by atoms with E-state index in [-0.39, 0.29) is 25.7 Å². The highest BCUT2D eigenvalue weighted by atomic mass is 31.2. The number of aliphatic hydroxyl groups excluding tert-OH is 1. The molecule has 576 valence electrons. The first-order chi connectivity index (χ1) is 47.0. The molecule has 17 nitrogen and oxygen atoms in total. The van der Waals surface area contributed by atoms with E-state index >= 15 is 0 Å². The van der Waals surface area contributed by atoms with Gasteiger partial charge in [-0.3, -0.25) is 37.3 Å². The minimum Gasteiger partial charge on any atom is -0.462 e. The van der Waals surface area contributed by atoms with E-state index in [1.54, 1.807) is 0 Å². The summed E-state index contributed by atoms with van der Waals surface area (Å²) in [5, 5.41) is 10.6. The molecule has 0 aliphatic rings. The van der Waals surface area contributed by atoms with Crippen molar-refractivity contribution in [1.82, 2.24) is 0 Å². The highest BCUT2D eigenvalue weighted by molar-refractivity contribution is 7.47. The van der Waals surface area contributed by atoms with Gasteiger partial charge in [0.15, 0.2) is 12.2 Å². The highest BCUT2D eigenvalue weighted by Gasteiger charge is 2.30. The van der Waals surface area contributed by atoms with Crippen molar-refractivity contribution in [3.8, 4) is 0 Å². The molecule has 0 rings (SSSR count). The Bertz CT molecular complexity index is 1860. The number of phosphoric ester groups is 2. The van der Waals surface area contributed by atoms with Crippen LogP contribution in [0.3, 0.4) is 0 Å². The number of rotatable bonds is 78. The van der Waals surface area contributed by atoms with Crippen molar-refractivity contribution in [3.05, 3.63) is 0 Å². The molecule has 19 heteroatoms. The van der Waals surface area contributed by atoms with E-state index < -0.39 is 97.5 Å². The zero-order valence-electron chi connectivity index (χ0n) is 63.2.